The van der Waals surface area contributed by atoms with Crippen molar-refractivity contribution in [3.63, 3.8) is 0 Å². The lowest BCUT2D eigenvalue weighted by Crippen LogP contribution is -2.24. The fraction of sp³-hybridized carbons (Fsp3) is 0.227. The molecule has 0 radical (unpaired) electrons. The molecule has 0 amide bonds. The number of hydrogen-bond donors (Lipinski definition) is 2. The van der Waals surface area contributed by atoms with Crippen molar-refractivity contribution < 1.29 is 32.3 Å². The van der Waals surface area contributed by atoms with Crippen LogP contribution >= 0.6 is 0 Å². The van der Waals surface area contributed by atoms with Crippen molar-refractivity contribution in [1.29, 1.82) is 0 Å². The standard InChI is InChI=1S/C22H20FNO6S/c1-24-17-9-14(23)8-16-15(17)10-19(26)21(22(16)28)18(25)7-12-3-5-13(6-4-12)20(27)11-31(2,29)30/h3-6,8-9,24,28H,7,10-11H2,1-2H3. The maximum Gasteiger partial charge on any atom is 0.177 e. The number of fused-ring (bicyclic) bond motifs is 1. The number of hydrogen-bond acceptors (Lipinski definition) is 7. The number of aliphatic hydroxyl groups is 1. The van der Waals surface area contributed by atoms with Crippen molar-refractivity contribution in [2.75, 3.05) is 24.4 Å². The molecule has 0 spiro atoms. The molecule has 3 rings (SSSR count). The number of ketones is 3. The minimum atomic E-state index is -3.47. The molecule has 0 saturated carbocycles. The van der Waals surface area contributed by atoms with Gasteiger partial charge in [0.2, 0.25) is 0 Å². The summed E-state index contributed by atoms with van der Waals surface area (Å²) in [5.41, 5.74) is 1.12. The fourth-order valence-corrected chi connectivity index (χ4v) is 4.11. The van der Waals surface area contributed by atoms with Gasteiger partial charge in [-0.2, -0.15) is 0 Å². The van der Waals surface area contributed by atoms with E-state index >= 15 is 0 Å². The summed E-state index contributed by atoms with van der Waals surface area (Å²) in [4.78, 5) is 37.3. The SMILES string of the molecule is CNc1cc(F)cc2c1CC(=O)C(C(=O)Cc1ccc(C(=O)CS(C)(=O)=O)cc1)=C2O. The molecule has 0 bridgehead atoms. The van der Waals surface area contributed by atoms with Crippen molar-refractivity contribution in [3.05, 3.63) is 70.0 Å². The average Bonchev–Trinajstić information content (AvgIpc) is 2.67. The first-order valence-electron chi connectivity index (χ1n) is 9.30. The third-order valence-corrected chi connectivity index (χ3v) is 5.69. The molecule has 9 heteroatoms. The summed E-state index contributed by atoms with van der Waals surface area (Å²) < 4.78 is 36.4. The smallest absolute Gasteiger partial charge is 0.177 e. The van der Waals surface area contributed by atoms with E-state index in [-0.39, 0.29) is 24.0 Å². The Hall–Kier alpha value is -3.33. The number of anilines is 1. The number of allylic oxidation sites excluding steroid dienone is 1. The van der Waals surface area contributed by atoms with Crippen molar-refractivity contribution in [3.8, 4) is 0 Å². The fourth-order valence-electron chi connectivity index (χ4n) is 3.47. The van der Waals surface area contributed by atoms with E-state index in [1.807, 2.05) is 0 Å². The van der Waals surface area contributed by atoms with E-state index in [0.29, 0.717) is 16.8 Å². The summed E-state index contributed by atoms with van der Waals surface area (Å²) in [5.74, 6) is -3.58. The summed E-state index contributed by atoms with van der Waals surface area (Å²) in [6.07, 6.45) is 0.577. The van der Waals surface area contributed by atoms with Crippen molar-refractivity contribution in [2.45, 2.75) is 12.8 Å². The minimum absolute atomic E-state index is 0.0917. The van der Waals surface area contributed by atoms with Gasteiger partial charge in [-0.05, 0) is 23.3 Å². The van der Waals surface area contributed by atoms with Crippen LogP contribution in [0.1, 0.15) is 27.0 Å². The van der Waals surface area contributed by atoms with Crippen LogP contribution in [-0.4, -0.2) is 49.9 Å². The molecule has 0 fully saturated rings. The molecule has 1 aliphatic rings. The predicted molar refractivity (Wildman–Crippen MR) is 113 cm³/mol. The Kier molecular flexibility index (Phi) is 6.08. The molecule has 2 aromatic carbocycles. The van der Waals surface area contributed by atoms with Gasteiger partial charge in [-0.1, -0.05) is 24.3 Å². The molecule has 31 heavy (non-hydrogen) atoms. The number of rotatable bonds is 7. The van der Waals surface area contributed by atoms with Gasteiger partial charge in [-0.3, -0.25) is 14.4 Å². The monoisotopic (exact) mass is 445 g/mol. The highest BCUT2D eigenvalue weighted by Gasteiger charge is 2.32. The topological polar surface area (TPSA) is 118 Å². The Morgan fingerprint density at radius 1 is 1.13 bits per heavy atom. The van der Waals surface area contributed by atoms with Gasteiger partial charge in [0.25, 0.3) is 0 Å². The normalized spacial score (nSPS) is 13.7. The van der Waals surface area contributed by atoms with Crippen LogP contribution in [0.15, 0.2) is 42.0 Å². The Bertz CT molecular complexity index is 1230. The van der Waals surface area contributed by atoms with E-state index in [9.17, 15) is 32.3 Å². The molecule has 1 aliphatic carbocycles. The van der Waals surface area contributed by atoms with Crippen LogP contribution in [0.2, 0.25) is 0 Å². The second-order valence-corrected chi connectivity index (χ2v) is 9.48. The van der Waals surface area contributed by atoms with Gasteiger partial charge >= 0.3 is 0 Å². The molecular formula is C22H20FNO6S. The molecule has 0 aliphatic heterocycles. The molecule has 2 N–H and O–H groups in total. The summed E-state index contributed by atoms with van der Waals surface area (Å²) in [6.45, 7) is 0. The Labute approximate surface area is 178 Å². The third kappa shape index (κ3) is 4.88. The molecule has 0 saturated heterocycles. The number of sulfone groups is 1. The van der Waals surface area contributed by atoms with E-state index in [0.717, 1.165) is 12.3 Å². The average molecular weight is 445 g/mol. The van der Waals surface area contributed by atoms with E-state index in [2.05, 4.69) is 5.32 Å². The van der Waals surface area contributed by atoms with Crippen LogP contribution in [0.3, 0.4) is 0 Å². The zero-order valence-electron chi connectivity index (χ0n) is 16.9. The highest BCUT2D eigenvalue weighted by atomic mass is 32.2. The Morgan fingerprint density at radius 2 is 1.77 bits per heavy atom. The first-order valence-corrected chi connectivity index (χ1v) is 11.4. The molecule has 0 unspecified atom stereocenters. The number of carbonyl (C=O) groups excluding carboxylic acids is 3. The van der Waals surface area contributed by atoms with E-state index in [1.54, 1.807) is 7.05 Å². The van der Waals surface area contributed by atoms with Crippen LogP contribution in [0.4, 0.5) is 10.1 Å². The molecule has 162 valence electrons. The minimum Gasteiger partial charge on any atom is -0.506 e. The summed E-state index contributed by atoms with van der Waals surface area (Å²) in [6, 6.07) is 8.04. The number of benzene rings is 2. The highest BCUT2D eigenvalue weighted by Crippen LogP contribution is 2.34. The van der Waals surface area contributed by atoms with Gasteiger partial charge < -0.3 is 10.4 Å². The third-order valence-electron chi connectivity index (χ3n) is 4.90. The highest BCUT2D eigenvalue weighted by molar-refractivity contribution is 7.91. The second-order valence-electron chi connectivity index (χ2n) is 7.34. The summed E-state index contributed by atoms with van der Waals surface area (Å²) in [5, 5.41) is 13.3. The van der Waals surface area contributed by atoms with Crippen LogP contribution in [0.5, 0.6) is 0 Å². The zero-order valence-corrected chi connectivity index (χ0v) is 17.7. The van der Waals surface area contributed by atoms with Gasteiger partial charge in [0.15, 0.2) is 27.2 Å². The van der Waals surface area contributed by atoms with Crippen LogP contribution in [0, 0.1) is 5.82 Å². The quantitative estimate of drug-likeness (QED) is 0.496. The molecule has 0 atom stereocenters. The Morgan fingerprint density at radius 3 is 2.35 bits per heavy atom. The zero-order chi connectivity index (χ0) is 22.9. The first kappa shape index (κ1) is 22.4. The van der Waals surface area contributed by atoms with Crippen molar-refractivity contribution in [1.82, 2.24) is 0 Å². The van der Waals surface area contributed by atoms with Crippen molar-refractivity contribution >= 4 is 38.6 Å². The maximum atomic E-state index is 13.9. The Balaban J connectivity index is 1.86. The van der Waals surface area contributed by atoms with Gasteiger partial charge in [0.1, 0.15) is 22.9 Å². The number of carbonyl (C=O) groups is 3. The first-order chi connectivity index (χ1) is 14.5. The van der Waals surface area contributed by atoms with Gasteiger partial charge in [-0.15, -0.1) is 0 Å². The lowest BCUT2D eigenvalue weighted by Gasteiger charge is -2.21. The largest absolute Gasteiger partial charge is 0.506 e. The number of nitrogens with one attached hydrogen (secondary N) is 1. The lowest BCUT2D eigenvalue weighted by atomic mass is 9.85. The maximum absolute atomic E-state index is 13.9. The molecule has 0 heterocycles. The number of halogens is 1. The van der Waals surface area contributed by atoms with E-state index in [1.165, 1.54) is 30.3 Å². The molecule has 7 nitrogen and oxygen atoms in total. The molecule has 0 aromatic heterocycles. The molecule has 2 aromatic rings. The lowest BCUT2D eigenvalue weighted by molar-refractivity contribution is -0.120. The van der Waals surface area contributed by atoms with E-state index < -0.39 is 50.1 Å². The summed E-state index contributed by atoms with van der Waals surface area (Å²) in [7, 11) is -1.91. The van der Waals surface area contributed by atoms with Gasteiger partial charge in [-0.25, -0.2) is 12.8 Å². The second kappa shape index (κ2) is 8.43. The summed E-state index contributed by atoms with van der Waals surface area (Å²) >= 11 is 0. The number of aliphatic hydroxyl groups excluding tert-OH is 1. The van der Waals surface area contributed by atoms with Crippen LogP contribution < -0.4 is 5.32 Å². The van der Waals surface area contributed by atoms with Gasteiger partial charge in [0, 0.05) is 43.0 Å². The predicted octanol–water partition coefficient (Wildman–Crippen LogP) is 2.30. The van der Waals surface area contributed by atoms with Gasteiger partial charge in [0.05, 0.1) is 0 Å². The van der Waals surface area contributed by atoms with Crippen LogP contribution in [-0.2, 0) is 32.3 Å². The van der Waals surface area contributed by atoms with Crippen LogP contribution in [0.25, 0.3) is 5.76 Å². The van der Waals surface area contributed by atoms with E-state index in [4.69, 9.17) is 0 Å². The number of Topliss-reactive ketones (excluding diaryl/α,β-unsaturated/α-hetero) is 3. The molecular weight excluding hydrogens is 425 g/mol. The van der Waals surface area contributed by atoms with Crippen molar-refractivity contribution in [2.24, 2.45) is 0 Å².